The van der Waals surface area contributed by atoms with E-state index in [0.29, 0.717) is 18.7 Å². The summed E-state index contributed by atoms with van der Waals surface area (Å²) in [4.78, 5) is 17.5. The average Bonchev–Trinajstić information content (AvgIpc) is 3.28. The Balaban J connectivity index is 1.83. The standard InChI is InChI=1S/C24H25ClN4O3S/c1-17(30)8-4-2-7-11-21(24-27-16-22(28-24)19-9-5-3-6-10-19)29-33(31,32)23-13-12-18(15-26)14-20(23)25/h3,5-6,9-10,12-14,16,21,29H,2,4,7-8,11H2,1H3,(H,27,28)/p+1/t21-/m0/s1. The predicted octanol–water partition coefficient (Wildman–Crippen LogP) is 4.58. The van der Waals surface area contributed by atoms with Crippen LogP contribution in [0, 0.1) is 11.3 Å². The fourth-order valence-electron chi connectivity index (χ4n) is 3.53. The Morgan fingerprint density at radius 3 is 2.61 bits per heavy atom. The molecule has 3 aromatic rings. The number of aromatic amines is 2. The number of rotatable bonds is 11. The van der Waals surface area contributed by atoms with Crippen LogP contribution in [0.4, 0.5) is 0 Å². The van der Waals surface area contributed by atoms with E-state index < -0.39 is 16.1 Å². The number of ketones is 1. The van der Waals surface area contributed by atoms with Gasteiger partial charge in [-0.15, -0.1) is 0 Å². The minimum absolute atomic E-state index is 0.0119. The number of imidazole rings is 1. The van der Waals surface area contributed by atoms with Crippen LogP contribution in [0.15, 0.2) is 59.6 Å². The molecule has 1 atom stereocenters. The summed E-state index contributed by atoms with van der Waals surface area (Å²) in [7, 11) is -3.96. The third-order valence-corrected chi connectivity index (χ3v) is 7.20. The molecular weight excluding hydrogens is 460 g/mol. The summed E-state index contributed by atoms with van der Waals surface area (Å²) in [5.41, 5.74) is 2.09. The summed E-state index contributed by atoms with van der Waals surface area (Å²) in [6, 6.07) is 15.2. The molecule has 7 nitrogen and oxygen atoms in total. The zero-order chi connectivity index (χ0) is 23.8. The highest BCUT2D eigenvalue weighted by Gasteiger charge is 2.28. The number of hydrogen-bond acceptors (Lipinski definition) is 4. The number of benzene rings is 2. The normalized spacial score (nSPS) is 12.3. The zero-order valence-corrected chi connectivity index (χ0v) is 19.8. The topological polar surface area (TPSA) is 117 Å². The third-order valence-electron chi connectivity index (χ3n) is 5.24. The summed E-state index contributed by atoms with van der Waals surface area (Å²) in [5, 5.41) is 9.01. The summed E-state index contributed by atoms with van der Waals surface area (Å²) in [6.07, 6.45) is 5.15. The van der Waals surface area contributed by atoms with Crippen LogP contribution in [0.25, 0.3) is 11.3 Å². The molecule has 1 aromatic heterocycles. The fraction of sp³-hybridized carbons (Fsp3) is 0.292. The minimum atomic E-state index is -3.96. The molecule has 0 fully saturated rings. The summed E-state index contributed by atoms with van der Waals surface area (Å²) in [5.74, 6) is 0.765. The second-order valence-corrected chi connectivity index (χ2v) is 9.93. The maximum absolute atomic E-state index is 13.1. The number of carbonyl (C=O) groups excluding carboxylic acids is 1. The van der Waals surface area contributed by atoms with Crippen molar-refractivity contribution in [2.24, 2.45) is 0 Å². The molecule has 0 aliphatic heterocycles. The predicted molar refractivity (Wildman–Crippen MR) is 126 cm³/mol. The highest BCUT2D eigenvalue weighted by molar-refractivity contribution is 7.89. The van der Waals surface area contributed by atoms with Crippen LogP contribution < -0.4 is 9.71 Å². The second kappa shape index (κ2) is 11.2. The van der Waals surface area contributed by atoms with E-state index in [-0.39, 0.29) is 21.3 Å². The number of halogens is 1. The molecule has 0 unspecified atom stereocenters. The van der Waals surface area contributed by atoms with Gasteiger partial charge in [0, 0.05) is 12.0 Å². The number of aromatic nitrogens is 2. The molecular formula is C24H26ClN4O3S+. The summed E-state index contributed by atoms with van der Waals surface area (Å²) in [6.45, 7) is 1.57. The van der Waals surface area contributed by atoms with Gasteiger partial charge in [0.25, 0.3) is 5.82 Å². The first-order chi connectivity index (χ1) is 15.8. The summed E-state index contributed by atoms with van der Waals surface area (Å²) >= 11 is 6.16. The molecule has 3 N–H and O–H groups in total. The molecule has 0 saturated carbocycles. The van der Waals surface area contributed by atoms with Crippen LogP contribution in [-0.2, 0) is 14.8 Å². The number of sulfonamides is 1. The number of carbonyl (C=O) groups is 1. The van der Waals surface area contributed by atoms with Gasteiger partial charge in [0.15, 0.2) is 5.69 Å². The van der Waals surface area contributed by atoms with Crippen molar-refractivity contribution in [3.63, 3.8) is 0 Å². The molecule has 9 heteroatoms. The number of nitriles is 1. The van der Waals surface area contributed by atoms with E-state index in [9.17, 15) is 13.2 Å². The van der Waals surface area contributed by atoms with Gasteiger partial charge in [0.2, 0.25) is 10.0 Å². The van der Waals surface area contributed by atoms with Crippen LogP contribution in [0.3, 0.4) is 0 Å². The largest absolute Gasteiger partial charge is 0.300 e. The zero-order valence-electron chi connectivity index (χ0n) is 18.3. The Labute approximate surface area is 198 Å². The molecule has 1 heterocycles. The summed E-state index contributed by atoms with van der Waals surface area (Å²) < 4.78 is 29.0. The van der Waals surface area contributed by atoms with Crippen molar-refractivity contribution in [3.8, 4) is 17.3 Å². The van der Waals surface area contributed by atoms with E-state index in [0.717, 1.165) is 30.5 Å². The molecule has 0 aliphatic carbocycles. The molecule has 0 saturated heterocycles. The third kappa shape index (κ3) is 6.75. The number of unbranched alkanes of at least 4 members (excludes halogenated alkanes) is 2. The first-order valence-corrected chi connectivity index (χ1v) is 12.5. The van der Waals surface area contributed by atoms with Gasteiger partial charge in [-0.05, 0) is 38.0 Å². The second-order valence-electron chi connectivity index (χ2n) is 7.84. The van der Waals surface area contributed by atoms with Gasteiger partial charge in [-0.3, -0.25) is 0 Å². The van der Waals surface area contributed by atoms with Crippen molar-refractivity contribution < 1.29 is 18.2 Å². The molecule has 2 aromatic carbocycles. The Hall–Kier alpha value is -2.99. The SMILES string of the molecule is CC(=O)CCCCC[C@H](NS(=O)(=O)c1ccc(C#N)cc1Cl)c1[nH]c(-c2ccccc2)c[nH+]1. The minimum Gasteiger partial charge on any atom is -0.300 e. The lowest BCUT2D eigenvalue weighted by Crippen LogP contribution is -2.32. The van der Waals surface area contributed by atoms with Gasteiger partial charge in [0.1, 0.15) is 22.9 Å². The number of hydrogen-bond donors (Lipinski definition) is 2. The van der Waals surface area contributed by atoms with Gasteiger partial charge >= 0.3 is 0 Å². The van der Waals surface area contributed by atoms with Crippen LogP contribution in [-0.4, -0.2) is 19.2 Å². The van der Waals surface area contributed by atoms with Crippen molar-refractivity contribution in [2.75, 3.05) is 0 Å². The number of Topliss-reactive ketones (excluding diaryl/α,β-unsaturated/α-hetero) is 1. The van der Waals surface area contributed by atoms with E-state index in [4.69, 9.17) is 16.9 Å². The van der Waals surface area contributed by atoms with Crippen LogP contribution in [0.1, 0.15) is 56.5 Å². The van der Waals surface area contributed by atoms with Gasteiger partial charge in [0.05, 0.1) is 16.7 Å². The first kappa shape index (κ1) is 24.6. The molecule has 33 heavy (non-hydrogen) atoms. The van der Waals surface area contributed by atoms with Crippen molar-refractivity contribution >= 4 is 27.4 Å². The fourth-order valence-corrected chi connectivity index (χ4v) is 5.31. The van der Waals surface area contributed by atoms with Crippen LogP contribution in [0.5, 0.6) is 0 Å². The molecule has 0 bridgehead atoms. The Morgan fingerprint density at radius 1 is 1.18 bits per heavy atom. The first-order valence-electron chi connectivity index (χ1n) is 10.7. The van der Waals surface area contributed by atoms with E-state index in [1.54, 1.807) is 13.1 Å². The highest BCUT2D eigenvalue weighted by Crippen LogP contribution is 2.26. The van der Waals surface area contributed by atoms with E-state index in [2.05, 4.69) is 14.7 Å². The molecule has 0 aliphatic rings. The molecule has 0 radical (unpaired) electrons. The monoisotopic (exact) mass is 485 g/mol. The molecule has 0 spiro atoms. The van der Waals surface area contributed by atoms with Gasteiger partial charge in [-0.2, -0.15) is 9.98 Å². The van der Waals surface area contributed by atoms with Crippen LogP contribution >= 0.6 is 11.6 Å². The maximum atomic E-state index is 13.1. The van der Waals surface area contributed by atoms with Gasteiger partial charge in [-0.25, -0.2) is 18.4 Å². The lowest BCUT2D eigenvalue weighted by molar-refractivity contribution is -0.391. The van der Waals surface area contributed by atoms with Gasteiger partial charge < -0.3 is 4.79 Å². The van der Waals surface area contributed by atoms with Crippen LogP contribution in [0.2, 0.25) is 5.02 Å². The van der Waals surface area contributed by atoms with Crippen molar-refractivity contribution in [2.45, 2.75) is 50.0 Å². The lowest BCUT2D eigenvalue weighted by Gasteiger charge is -2.15. The highest BCUT2D eigenvalue weighted by atomic mass is 35.5. The van der Waals surface area contributed by atoms with E-state index in [1.165, 1.54) is 18.2 Å². The Kier molecular flexibility index (Phi) is 8.39. The van der Waals surface area contributed by atoms with Crippen molar-refractivity contribution in [3.05, 3.63) is 71.1 Å². The number of nitrogens with zero attached hydrogens (tertiary/aromatic N) is 1. The maximum Gasteiger partial charge on any atom is 0.270 e. The van der Waals surface area contributed by atoms with Gasteiger partial charge in [-0.1, -0.05) is 54.8 Å². The van der Waals surface area contributed by atoms with Crippen molar-refractivity contribution in [1.29, 1.82) is 5.26 Å². The molecule has 172 valence electrons. The molecule has 3 rings (SSSR count). The van der Waals surface area contributed by atoms with Crippen molar-refractivity contribution in [1.82, 2.24) is 9.71 Å². The smallest absolute Gasteiger partial charge is 0.270 e. The number of H-pyrrole nitrogens is 2. The molecule has 0 amide bonds. The Bertz CT molecular complexity index is 1250. The van der Waals surface area contributed by atoms with E-state index >= 15 is 0 Å². The quantitative estimate of drug-likeness (QED) is 0.386. The lowest BCUT2D eigenvalue weighted by atomic mass is 10.1. The number of nitrogens with one attached hydrogen (secondary N) is 3. The average molecular weight is 486 g/mol. The van der Waals surface area contributed by atoms with E-state index in [1.807, 2.05) is 36.4 Å². The Morgan fingerprint density at radius 2 is 1.94 bits per heavy atom.